The van der Waals surface area contributed by atoms with Gasteiger partial charge in [0.05, 0.1) is 13.2 Å². The zero-order chi connectivity index (χ0) is 17.4. The van der Waals surface area contributed by atoms with Crippen LogP contribution in [0.15, 0.2) is 24.3 Å². The molecular weight excluding hydrogens is 316 g/mol. The number of carbonyl (C=O) groups excluding carboxylic acids is 1. The van der Waals surface area contributed by atoms with Gasteiger partial charge >= 0.3 is 0 Å². The van der Waals surface area contributed by atoms with Gasteiger partial charge in [0.1, 0.15) is 12.4 Å². The average Bonchev–Trinajstić information content (AvgIpc) is 3.10. The van der Waals surface area contributed by atoms with Crippen molar-refractivity contribution < 1.29 is 14.3 Å². The van der Waals surface area contributed by atoms with Crippen molar-refractivity contribution >= 4 is 5.91 Å². The first-order valence-electron chi connectivity index (χ1n) is 9.48. The molecule has 5 heteroatoms. The van der Waals surface area contributed by atoms with Crippen molar-refractivity contribution in [2.75, 3.05) is 40.0 Å². The predicted molar refractivity (Wildman–Crippen MR) is 95.8 cm³/mol. The summed E-state index contributed by atoms with van der Waals surface area (Å²) in [6.07, 6.45) is 2.43. The second-order valence-electron chi connectivity index (χ2n) is 7.42. The van der Waals surface area contributed by atoms with E-state index in [9.17, 15) is 4.79 Å². The fourth-order valence-electron chi connectivity index (χ4n) is 5.12. The van der Waals surface area contributed by atoms with Crippen LogP contribution in [0.2, 0.25) is 0 Å². The van der Waals surface area contributed by atoms with E-state index in [0.29, 0.717) is 30.5 Å². The molecule has 4 aliphatic heterocycles. The number of rotatable bonds is 5. The Kier molecular flexibility index (Phi) is 4.69. The number of amides is 1. The van der Waals surface area contributed by atoms with Crippen LogP contribution in [0.25, 0.3) is 0 Å². The molecule has 25 heavy (non-hydrogen) atoms. The highest BCUT2D eigenvalue weighted by Crippen LogP contribution is 2.46. The van der Waals surface area contributed by atoms with Gasteiger partial charge in [-0.1, -0.05) is 12.1 Å². The van der Waals surface area contributed by atoms with E-state index in [0.717, 1.165) is 12.3 Å². The van der Waals surface area contributed by atoms with Crippen LogP contribution >= 0.6 is 0 Å². The van der Waals surface area contributed by atoms with Crippen LogP contribution in [0.1, 0.15) is 31.2 Å². The minimum absolute atomic E-state index is 0.154. The number of hydrogen-bond acceptors (Lipinski definition) is 4. The number of nitrogens with zero attached hydrogens (tertiary/aromatic N) is 2. The van der Waals surface area contributed by atoms with Crippen LogP contribution < -0.4 is 4.74 Å². The lowest BCUT2D eigenvalue weighted by Gasteiger charge is -2.51. The first kappa shape index (κ1) is 16.9. The number of hydrogen-bond donors (Lipinski definition) is 0. The maximum absolute atomic E-state index is 12.8. The standard InChI is InChI=1S/C20H28N2O3/c1-3-25-13-18(23)22-12-17(14-4-6-16(24-2)7-5-14)20-19(22)15-8-10-21(20)11-9-15/h4-7,15,17,19-20H,3,8-13H2,1-2H3/t17-,19+,20+/m0/s1. The average molecular weight is 344 g/mol. The number of methoxy groups -OCH3 is 1. The van der Waals surface area contributed by atoms with Crippen LogP contribution in [0.3, 0.4) is 0 Å². The molecule has 1 amide bonds. The van der Waals surface area contributed by atoms with Crippen molar-refractivity contribution in [3.05, 3.63) is 29.8 Å². The minimum atomic E-state index is 0.154. The lowest BCUT2D eigenvalue weighted by Crippen LogP contribution is -2.61. The van der Waals surface area contributed by atoms with Gasteiger partial charge in [-0.05, 0) is 56.5 Å². The molecule has 0 radical (unpaired) electrons. The Morgan fingerprint density at radius 2 is 1.88 bits per heavy atom. The van der Waals surface area contributed by atoms with Gasteiger partial charge < -0.3 is 14.4 Å². The molecule has 1 aromatic carbocycles. The van der Waals surface area contributed by atoms with E-state index < -0.39 is 0 Å². The van der Waals surface area contributed by atoms with E-state index in [1.165, 1.54) is 31.5 Å². The fraction of sp³-hybridized carbons (Fsp3) is 0.650. The smallest absolute Gasteiger partial charge is 0.248 e. The van der Waals surface area contributed by atoms with Crippen molar-refractivity contribution in [3.63, 3.8) is 0 Å². The molecular formula is C20H28N2O3. The predicted octanol–water partition coefficient (Wildman–Crippen LogP) is 2.12. The number of fused-ring (bicyclic) bond motifs is 2. The summed E-state index contributed by atoms with van der Waals surface area (Å²) in [5, 5.41) is 0. The van der Waals surface area contributed by atoms with Crippen LogP contribution in [-0.2, 0) is 9.53 Å². The zero-order valence-corrected chi connectivity index (χ0v) is 15.2. The van der Waals surface area contributed by atoms with Crippen molar-refractivity contribution in [1.82, 2.24) is 9.80 Å². The highest BCUT2D eigenvalue weighted by Gasteiger charge is 2.54. The number of piperidine rings is 3. The maximum atomic E-state index is 12.8. The molecule has 4 heterocycles. The molecule has 0 saturated carbocycles. The van der Waals surface area contributed by atoms with Crippen LogP contribution in [0.4, 0.5) is 0 Å². The molecule has 3 atom stereocenters. The number of benzene rings is 1. The molecule has 2 bridgehead atoms. The SMILES string of the molecule is CCOCC(=O)N1C[C@@H](c2ccc(OC)cc2)[C@@H]2[C@H]1C1CCN2CC1. The van der Waals surface area contributed by atoms with Crippen molar-refractivity contribution in [3.8, 4) is 5.75 Å². The van der Waals surface area contributed by atoms with E-state index in [4.69, 9.17) is 9.47 Å². The molecule has 4 fully saturated rings. The van der Waals surface area contributed by atoms with Gasteiger partial charge in [0.25, 0.3) is 0 Å². The monoisotopic (exact) mass is 344 g/mol. The molecule has 1 aromatic rings. The molecule has 0 unspecified atom stereocenters. The normalized spacial score (nSPS) is 33.4. The second-order valence-corrected chi connectivity index (χ2v) is 7.42. The molecule has 5 rings (SSSR count). The topological polar surface area (TPSA) is 42.0 Å². The van der Waals surface area contributed by atoms with E-state index in [2.05, 4.69) is 21.9 Å². The summed E-state index contributed by atoms with van der Waals surface area (Å²) >= 11 is 0. The van der Waals surface area contributed by atoms with Gasteiger partial charge in [0.15, 0.2) is 0 Å². The molecule has 0 aliphatic carbocycles. The highest BCUT2D eigenvalue weighted by molar-refractivity contribution is 5.78. The lowest BCUT2D eigenvalue weighted by atomic mass is 9.75. The van der Waals surface area contributed by atoms with Crippen molar-refractivity contribution in [2.24, 2.45) is 5.92 Å². The Morgan fingerprint density at radius 3 is 2.52 bits per heavy atom. The third-order valence-corrected chi connectivity index (χ3v) is 6.29. The van der Waals surface area contributed by atoms with Crippen molar-refractivity contribution in [2.45, 2.75) is 37.8 Å². The summed E-state index contributed by atoms with van der Waals surface area (Å²) in [4.78, 5) is 17.5. The van der Waals surface area contributed by atoms with Gasteiger partial charge in [-0.3, -0.25) is 9.69 Å². The summed E-state index contributed by atoms with van der Waals surface area (Å²) in [7, 11) is 1.69. The summed E-state index contributed by atoms with van der Waals surface area (Å²) in [6, 6.07) is 9.20. The van der Waals surface area contributed by atoms with E-state index in [1.54, 1.807) is 7.11 Å². The summed E-state index contributed by atoms with van der Waals surface area (Å²) in [6.45, 7) is 5.89. The lowest BCUT2D eigenvalue weighted by molar-refractivity contribution is -0.140. The van der Waals surface area contributed by atoms with E-state index in [-0.39, 0.29) is 12.5 Å². The Balaban J connectivity index is 1.62. The summed E-state index contributed by atoms with van der Waals surface area (Å²) in [5.41, 5.74) is 1.31. The van der Waals surface area contributed by atoms with Crippen LogP contribution in [-0.4, -0.2) is 67.7 Å². The molecule has 136 valence electrons. The second kappa shape index (κ2) is 6.96. The minimum Gasteiger partial charge on any atom is -0.497 e. The molecule has 4 aliphatic rings. The first-order chi connectivity index (χ1) is 12.2. The number of carbonyl (C=O) groups is 1. The maximum Gasteiger partial charge on any atom is 0.248 e. The third kappa shape index (κ3) is 2.93. The summed E-state index contributed by atoms with van der Waals surface area (Å²) < 4.78 is 10.7. The van der Waals surface area contributed by atoms with E-state index in [1.807, 2.05) is 19.1 Å². The molecule has 0 spiro atoms. The molecule has 0 aromatic heterocycles. The Bertz CT molecular complexity index is 610. The fourth-order valence-corrected chi connectivity index (χ4v) is 5.12. The number of likely N-dealkylation sites (tertiary alicyclic amines) is 1. The molecule has 0 N–H and O–H groups in total. The first-order valence-corrected chi connectivity index (χ1v) is 9.48. The molecule has 5 nitrogen and oxygen atoms in total. The van der Waals surface area contributed by atoms with Crippen LogP contribution in [0.5, 0.6) is 5.75 Å². The Labute approximate surface area is 149 Å². The quantitative estimate of drug-likeness (QED) is 0.821. The van der Waals surface area contributed by atoms with Gasteiger partial charge in [0, 0.05) is 25.1 Å². The van der Waals surface area contributed by atoms with E-state index >= 15 is 0 Å². The largest absolute Gasteiger partial charge is 0.497 e. The zero-order valence-electron chi connectivity index (χ0n) is 15.2. The Morgan fingerprint density at radius 1 is 1.16 bits per heavy atom. The van der Waals surface area contributed by atoms with Crippen LogP contribution in [0, 0.1) is 5.92 Å². The summed E-state index contributed by atoms with van der Waals surface area (Å²) in [5.74, 6) is 2.06. The Hall–Kier alpha value is -1.59. The van der Waals surface area contributed by atoms with Crippen molar-refractivity contribution in [1.29, 1.82) is 0 Å². The molecule has 4 saturated heterocycles. The highest BCUT2D eigenvalue weighted by atomic mass is 16.5. The van der Waals surface area contributed by atoms with Gasteiger partial charge in [-0.2, -0.15) is 0 Å². The van der Waals surface area contributed by atoms with Gasteiger partial charge in [-0.15, -0.1) is 0 Å². The third-order valence-electron chi connectivity index (χ3n) is 6.29. The van der Waals surface area contributed by atoms with Gasteiger partial charge in [0.2, 0.25) is 5.91 Å². The van der Waals surface area contributed by atoms with Gasteiger partial charge in [-0.25, -0.2) is 0 Å². The number of ether oxygens (including phenoxy) is 2.